The van der Waals surface area contributed by atoms with Gasteiger partial charge >= 0.3 is 0 Å². The maximum absolute atomic E-state index is 12.5. The van der Waals surface area contributed by atoms with Gasteiger partial charge in [-0.25, -0.2) is 0 Å². The molecule has 1 aliphatic heterocycles. The van der Waals surface area contributed by atoms with E-state index in [2.05, 4.69) is 30.2 Å². The van der Waals surface area contributed by atoms with E-state index in [1.165, 1.54) is 11.3 Å². The van der Waals surface area contributed by atoms with Gasteiger partial charge in [-0.05, 0) is 38.3 Å². The lowest BCUT2D eigenvalue weighted by Crippen LogP contribution is -2.12. The number of hydrogen-bond donors (Lipinski definition) is 0. The highest BCUT2D eigenvalue weighted by Crippen LogP contribution is 2.29. The van der Waals surface area contributed by atoms with Crippen LogP contribution in [-0.4, -0.2) is 10.4 Å². The summed E-state index contributed by atoms with van der Waals surface area (Å²) in [6, 6.07) is 4.05. The van der Waals surface area contributed by atoms with Crippen molar-refractivity contribution in [1.82, 2.24) is 4.57 Å². The Morgan fingerprint density at radius 2 is 2.21 bits per heavy atom. The van der Waals surface area contributed by atoms with E-state index in [0.717, 1.165) is 37.1 Å². The topological polar surface area (TPSA) is 22.0 Å². The van der Waals surface area contributed by atoms with Gasteiger partial charge in [0, 0.05) is 23.7 Å². The fourth-order valence-corrected chi connectivity index (χ4v) is 2.90. The van der Waals surface area contributed by atoms with Crippen LogP contribution in [0.4, 0.5) is 0 Å². The summed E-state index contributed by atoms with van der Waals surface area (Å²) < 4.78 is 2.17. The highest BCUT2D eigenvalue weighted by Gasteiger charge is 2.26. The molecule has 0 aromatic carbocycles. The van der Waals surface area contributed by atoms with Gasteiger partial charge in [0.25, 0.3) is 0 Å². The van der Waals surface area contributed by atoms with Crippen LogP contribution in [0, 0.1) is 5.92 Å². The average Bonchev–Trinajstić information content (AvgIpc) is 2.98. The quantitative estimate of drug-likeness (QED) is 0.594. The molecule has 1 aliphatic carbocycles. The maximum Gasteiger partial charge on any atom is 0.209 e. The van der Waals surface area contributed by atoms with Gasteiger partial charge < -0.3 is 4.57 Å². The SMILES string of the molecule is C=C(C)C1Cc2ccc(C(=O)C3=CCCC=C3)n2C1. The normalized spacial score (nSPS) is 21.1. The molecule has 98 valence electrons. The van der Waals surface area contributed by atoms with Crippen LogP contribution in [0.2, 0.25) is 0 Å². The van der Waals surface area contributed by atoms with E-state index in [9.17, 15) is 4.79 Å². The number of allylic oxidation sites excluding steroid dienone is 5. The van der Waals surface area contributed by atoms with Crippen molar-refractivity contribution in [2.45, 2.75) is 32.7 Å². The molecule has 0 N–H and O–H groups in total. The lowest BCUT2D eigenvalue weighted by molar-refractivity contribution is 0.102. The molecule has 3 rings (SSSR count). The van der Waals surface area contributed by atoms with E-state index in [1.807, 2.05) is 18.2 Å². The standard InChI is InChI=1S/C17H19NO/c1-12(2)14-10-15-8-9-16(18(15)11-14)17(19)13-6-4-3-5-7-13/h4,6-9,14H,1,3,5,10-11H2,2H3. The summed E-state index contributed by atoms with van der Waals surface area (Å²) in [6.45, 7) is 7.02. The third-order valence-electron chi connectivity index (χ3n) is 4.12. The van der Waals surface area contributed by atoms with E-state index < -0.39 is 0 Å². The lowest BCUT2D eigenvalue weighted by Gasteiger charge is -2.11. The Balaban J connectivity index is 1.89. The highest BCUT2D eigenvalue weighted by molar-refractivity contribution is 6.09. The molecule has 0 fully saturated rings. The predicted octanol–water partition coefficient (Wildman–Crippen LogP) is 3.70. The van der Waals surface area contributed by atoms with Crippen molar-refractivity contribution in [3.8, 4) is 0 Å². The summed E-state index contributed by atoms with van der Waals surface area (Å²) >= 11 is 0. The van der Waals surface area contributed by atoms with Gasteiger partial charge in [0.05, 0.1) is 5.69 Å². The molecule has 1 unspecified atom stereocenters. The van der Waals surface area contributed by atoms with E-state index in [0.29, 0.717) is 5.92 Å². The summed E-state index contributed by atoms with van der Waals surface area (Å²) in [6.07, 6.45) is 9.11. The number of carbonyl (C=O) groups excluding carboxylic acids is 1. The van der Waals surface area contributed by atoms with Crippen LogP contribution in [0.5, 0.6) is 0 Å². The molecule has 0 radical (unpaired) electrons. The van der Waals surface area contributed by atoms with Gasteiger partial charge in [-0.1, -0.05) is 30.4 Å². The minimum atomic E-state index is 0.157. The molecule has 2 heteroatoms. The molecule has 2 aliphatic rings. The van der Waals surface area contributed by atoms with E-state index in [1.54, 1.807) is 0 Å². The first-order valence-corrected chi connectivity index (χ1v) is 6.92. The Labute approximate surface area is 114 Å². The smallest absolute Gasteiger partial charge is 0.209 e. The summed E-state index contributed by atoms with van der Waals surface area (Å²) in [7, 11) is 0. The fourth-order valence-electron chi connectivity index (χ4n) is 2.90. The van der Waals surface area contributed by atoms with Crippen LogP contribution in [-0.2, 0) is 13.0 Å². The highest BCUT2D eigenvalue weighted by atomic mass is 16.1. The molecular formula is C17H19NO. The zero-order valence-corrected chi connectivity index (χ0v) is 11.4. The van der Waals surface area contributed by atoms with Crippen molar-refractivity contribution < 1.29 is 4.79 Å². The molecule has 2 heterocycles. The second kappa shape index (κ2) is 4.69. The Kier molecular flexibility index (Phi) is 3.02. The minimum Gasteiger partial charge on any atom is -0.341 e. The van der Waals surface area contributed by atoms with E-state index in [4.69, 9.17) is 0 Å². The first kappa shape index (κ1) is 12.2. The van der Waals surface area contributed by atoms with Crippen LogP contribution in [0.15, 0.2) is 48.1 Å². The average molecular weight is 253 g/mol. The van der Waals surface area contributed by atoms with Crippen LogP contribution >= 0.6 is 0 Å². The van der Waals surface area contributed by atoms with Gasteiger partial charge in [-0.3, -0.25) is 4.79 Å². The number of ketones is 1. The van der Waals surface area contributed by atoms with Crippen molar-refractivity contribution in [2.24, 2.45) is 5.92 Å². The molecule has 19 heavy (non-hydrogen) atoms. The maximum atomic E-state index is 12.5. The van der Waals surface area contributed by atoms with Crippen molar-refractivity contribution in [3.05, 3.63) is 59.5 Å². The number of nitrogens with zero attached hydrogens (tertiary/aromatic N) is 1. The molecular weight excluding hydrogens is 234 g/mol. The third kappa shape index (κ3) is 2.12. The third-order valence-corrected chi connectivity index (χ3v) is 4.12. The van der Waals surface area contributed by atoms with Crippen LogP contribution in [0.1, 0.15) is 35.9 Å². The van der Waals surface area contributed by atoms with Gasteiger partial charge in [-0.15, -0.1) is 0 Å². The van der Waals surface area contributed by atoms with Crippen molar-refractivity contribution in [1.29, 1.82) is 0 Å². The fraction of sp³-hybridized carbons (Fsp3) is 0.353. The summed E-state index contributed by atoms with van der Waals surface area (Å²) in [5.41, 5.74) is 4.14. The molecule has 1 aromatic heterocycles. The van der Waals surface area contributed by atoms with E-state index >= 15 is 0 Å². The summed E-state index contributed by atoms with van der Waals surface area (Å²) in [5.74, 6) is 0.642. The van der Waals surface area contributed by atoms with Crippen molar-refractivity contribution in [2.75, 3.05) is 0 Å². The molecule has 0 saturated carbocycles. The number of aromatic nitrogens is 1. The summed E-state index contributed by atoms with van der Waals surface area (Å²) in [4.78, 5) is 12.5. The first-order valence-electron chi connectivity index (χ1n) is 6.92. The van der Waals surface area contributed by atoms with Crippen LogP contribution in [0.3, 0.4) is 0 Å². The molecule has 0 amide bonds. The van der Waals surface area contributed by atoms with E-state index in [-0.39, 0.29) is 5.78 Å². The largest absolute Gasteiger partial charge is 0.341 e. The van der Waals surface area contributed by atoms with Crippen molar-refractivity contribution >= 4 is 5.78 Å². The predicted molar refractivity (Wildman–Crippen MR) is 77.2 cm³/mol. The number of rotatable bonds is 3. The Morgan fingerprint density at radius 1 is 1.37 bits per heavy atom. The van der Waals surface area contributed by atoms with Crippen LogP contribution in [0.25, 0.3) is 0 Å². The van der Waals surface area contributed by atoms with Crippen molar-refractivity contribution in [3.63, 3.8) is 0 Å². The second-order valence-electron chi connectivity index (χ2n) is 5.54. The van der Waals surface area contributed by atoms with Gasteiger partial charge in [0.15, 0.2) is 0 Å². The number of fused-ring (bicyclic) bond motifs is 1. The lowest BCUT2D eigenvalue weighted by atomic mass is 9.99. The summed E-state index contributed by atoms with van der Waals surface area (Å²) in [5, 5.41) is 0. The minimum absolute atomic E-state index is 0.157. The van der Waals surface area contributed by atoms with Gasteiger partial charge in [0.2, 0.25) is 5.78 Å². The number of hydrogen-bond acceptors (Lipinski definition) is 1. The Morgan fingerprint density at radius 3 is 2.89 bits per heavy atom. The Bertz CT molecular complexity index is 601. The molecule has 0 saturated heterocycles. The monoisotopic (exact) mass is 253 g/mol. The molecule has 0 bridgehead atoms. The number of Topliss-reactive ketones (excluding diaryl/α,β-unsaturated/α-hetero) is 1. The first-order chi connectivity index (χ1) is 9.16. The van der Waals surface area contributed by atoms with Gasteiger partial charge in [0.1, 0.15) is 0 Å². The molecule has 0 spiro atoms. The van der Waals surface area contributed by atoms with Crippen LogP contribution < -0.4 is 0 Å². The van der Waals surface area contributed by atoms with Gasteiger partial charge in [-0.2, -0.15) is 0 Å². The number of carbonyl (C=O) groups is 1. The molecule has 1 atom stereocenters. The Hall–Kier alpha value is -1.83. The zero-order valence-electron chi connectivity index (χ0n) is 11.4. The zero-order chi connectivity index (χ0) is 13.4. The molecule has 2 nitrogen and oxygen atoms in total. The molecule has 1 aromatic rings. The second-order valence-corrected chi connectivity index (χ2v) is 5.54.